The normalized spacial score (nSPS) is 10.1. The first-order valence-corrected chi connectivity index (χ1v) is 4.75. The van der Waals surface area contributed by atoms with Gasteiger partial charge in [0.2, 0.25) is 0 Å². The number of hydrogen-bond donors (Lipinski definition) is 0. The summed E-state index contributed by atoms with van der Waals surface area (Å²) < 4.78 is 6.65. The number of ether oxygens (including phenoxy) is 1. The Balaban J connectivity index is 2.43. The van der Waals surface area contributed by atoms with Gasteiger partial charge in [-0.15, -0.1) is 0 Å². The summed E-state index contributed by atoms with van der Waals surface area (Å²) in [5, 5.41) is 4.11. The molecule has 0 aliphatic heterocycles. The van der Waals surface area contributed by atoms with Crippen molar-refractivity contribution in [2.45, 2.75) is 6.92 Å². The van der Waals surface area contributed by atoms with Crippen LogP contribution >= 0.6 is 0 Å². The lowest BCUT2D eigenvalue weighted by molar-refractivity contribution is 0.112. The van der Waals surface area contributed by atoms with Crippen LogP contribution in [0.2, 0.25) is 0 Å². The molecule has 0 radical (unpaired) electrons. The van der Waals surface area contributed by atoms with E-state index in [1.54, 1.807) is 30.3 Å². The Bertz CT molecular complexity index is 520. The molecule has 0 N–H and O–H groups in total. The third kappa shape index (κ3) is 1.79. The van der Waals surface area contributed by atoms with Crippen LogP contribution in [-0.4, -0.2) is 28.2 Å². The molecule has 16 heavy (non-hydrogen) atoms. The van der Waals surface area contributed by atoms with Crippen LogP contribution in [0.1, 0.15) is 15.9 Å². The summed E-state index contributed by atoms with van der Waals surface area (Å²) >= 11 is 0. The van der Waals surface area contributed by atoms with Crippen LogP contribution in [0.3, 0.4) is 0 Å². The topological polar surface area (TPSA) is 57.0 Å². The SMILES string of the molecule is COc1cnn(-c2ncc(C=O)cc2C)c1. The van der Waals surface area contributed by atoms with Gasteiger partial charge in [-0.3, -0.25) is 4.79 Å². The number of carbonyl (C=O) groups excluding carboxylic acids is 1. The van der Waals surface area contributed by atoms with Crippen LogP contribution in [0.15, 0.2) is 24.7 Å². The molecule has 5 nitrogen and oxygen atoms in total. The molecular formula is C11H11N3O2. The summed E-state index contributed by atoms with van der Waals surface area (Å²) in [6, 6.07) is 1.77. The molecule has 0 bridgehead atoms. The number of rotatable bonds is 3. The van der Waals surface area contributed by atoms with Gasteiger partial charge < -0.3 is 4.74 Å². The van der Waals surface area contributed by atoms with Crippen molar-refractivity contribution < 1.29 is 9.53 Å². The van der Waals surface area contributed by atoms with Gasteiger partial charge in [0.1, 0.15) is 0 Å². The Morgan fingerprint density at radius 3 is 2.81 bits per heavy atom. The zero-order valence-corrected chi connectivity index (χ0v) is 9.04. The summed E-state index contributed by atoms with van der Waals surface area (Å²) in [6.07, 6.45) is 5.63. The average molecular weight is 217 g/mol. The number of nitrogens with zero attached hydrogens (tertiary/aromatic N) is 3. The molecule has 82 valence electrons. The van der Waals surface area contributed by atoms with E-state index in [-0.39, 0.29) is 0 Å². The number of carbonyl (C=O) groups is 1. The first-order chi connectivity index (χ1) is 7.74. The highest BCUT2D eigenvalue weighted by atomic mass is 16.5. The third-order valence-electron chi connectivity index (χ3n) is 2.22. The maximum absolute atomic E-state index is 10.6. The van der Waals surface area contributed by atoms with Gasteiger partial charge in [-0.05, 0) is 18.6 Å². The standard InChI is InChI=1S/C11H11N3O2/c1-8-3-9(7-15)4-12-11(8)14-6-10(16-2)5-13-14/h3-7H,1-2H3. The van der Waals surface area contributed by atoms with Crippen LogP contribution in [-0.2, 0) is 0 Å². The number of aromatic nitrogens is 3. The van der Waals surface area contributed by atoms with E-state index in [0.717, 1.165) is 11.8 Å². The Morgan fingerprint density at radius 2 is 2.25 bits per heavy atom. The quantitative estimate of drug-likeness (QED) is 0.729. The highest BCUT2D eigenvalue weighted by Gasteiger charge is 2.06. The first kappa shape index (κ1) is 10.4. The molecule has 0 aliphatic rings. The zero-order chi connectivity index (χ0) is 11.5. The Morgan fingerprint density at radius 1 is 1.44 bits per heavy atom. The van der Waals surface area contributed by atoms with E-state index in [1.807, 2.05) is 6.92 Å². The van der Waals surface area contributed by atoms with Crippen molar-refractivity contribution >= 4 is 6.29 Å². The lowest BCUT2D eigenvalue weighted by atomic mass is 10.2. The van der Waals surface area contributed by atoms with Crippen molar-refractivity contribution in [1.82, 2.24) is 14.8 Å². The molecule has 0 saturated heterocycles. The molecular weight excluding hydrogens is 206 g/mol. The van der Waals surface area contributed by atoms with Gasteiger partial charge >= 0.3 is 0 Å². The van der Waals surface area contributed by atoms with Gasteiger partial charge in [0.05, 0.1) is 19.5 Å². The fourth-order valence-corrected chi connectivity index (χ4v) is 1.42. The monoisotopic (exact) mass is 217 g/mol. The molecule has 0 aromatic carbocycles. The van der Waals surface area contributed by atoms with Crippen molar-refractivity contribution in [1.29, 1.82) is 0 Å². The van der Waals surface area contributed by atoms with E-state index in [0.29, 0.717) is 17.1 Å². The largest absolute Gasteiger partial charge is 0.493 e. The van der Waals surface area contributed by atoms with Crippen LogP contribution in [0.4, 0.5) is 0 Å². The van der Waals surface area contributed by atoms with Crippen LogP contribution in [0, 0.1) is 6.92 Å². The second-order valence-electron chi connectivity index (χ2n) is 3.35. The minimum atomic E-state index is 0.556. The van der Waals surface area contributed by atoms with Crippen molar-refractivity contribution in [2.24, 2.45) is 0 Å². The van der Waals surface area contributed by atoms with E-state index in [1.165, 1.54) is 6.20 Å². The van der Waals surface area contributed by atoms with E-state index in [4.69, 9.17) is 4.74 Å². The molecule has 0 fully saturated rings. The number of aryl methyl sites for hydroxylation is 1. The zero-order valence-electron chi connectivity index (χ0n) is 9.04. The average Bonchev–Trinajstić information content (AvgIpc) is 2.77. The number of methoxy groups -OCH3 is 1. The molecule has 0 spiro atoms. The van der Waals surface area contributed by atoms with Gasteiger partial charge in [-0.2, -0.15) is 5.10 Å². The van der Waals surface area contributed by atoms with Crippen LogP contribution in [0.25, 0.3) is 5.82 Å². The van der Waals surface area contributed by atoms with E-state index in [2.05, 4.69) is 10.1 Å². The lowest BCUT2D eigenvalue weighted by Crippen LogP contribution is -2.01. The maximum Gasteiger partial charge on any atom is 0.157 e. The fourth-order valence-electron chi connectivity index (χ4n) is 1.42. The molecule has 0 saturated carbocycles. The van der Waals surface area contributed by atoms with Gasteiger partial charge in [0, 0.05) is 11.8 Å². The molecule has 2 aromatic heterocycles. The minimum Gasteiger partial charge on any atom is -0.493 e. The first-order valence-electron chi connectivity index (χ1n) is 4.75. The number of pyridine rings is 1. The summed E-state index contributed by atoms with van der Waals surface area (Å²) in [4.78, 5) is 14.8. The van der Waals surface area contributed by atoms with E-state index >= 15 is 0 Å². The second-order valence-corrected chi connectivity index (χ2v) is 3.35. The Labute approximate surface area is 92.7 Å². The van der Waals surface area contributed by atoms with Crippen LogP contribution in [0.5, 0.6) is 5.75 Å². The summed E-state index contributed by atoms with van der Waals surface area (Å²) in [5.74, 6) is 1.36. The highest BCUT2D eigenvalue weighted by Crippen LogP contribution is 2.15. The highest BCUT2D eigenvalue weighted by molar-refractivity contribution is 5.74. The molecule has 2 heterocycles. The number of hydrogen-bond acceptors (Lipinski definition) is 4. The van der Waals surface area contributed by atoms with Crippen LogP contribution < -0.4 is 4.74 Å². The van der Waals surface area contributed by atoms with Crippen molar-refractivity contribution in [2.75, 3.05) is 7.11 Å². The summed E-state index contributed by atoms with van der Waals surface area (Å²) in [7, 11) is 1.58. The van der Waals surface area contributed by atoms with Gasteiger partial charge in [0.15, 0.2) is 17.9 Å². The lowest BCUT2D eigenvalue weighted by Gasteiger charge is -2.04. The summed E-state index contributed by atoms with van der Waals surface area (Å²) in [6.45, 7) is 1.88. The second kappa shape index (κ2) is 4.14. The molecule has 0 amide bonds. The summed E-state index contributed by atoms with van der Waals surface area (Å²) in [5.41, 5.74) is 1.44. The predicted octanol–water partition coefficient (Wildman–Crippen LogP) is 1.40. The smallest absolute Gasteiger partial charge is 0.157 e. The maximum atomic E-state index is 10.6. The van der Waals surface area contributed by atoms with E-state index in [9.17, 15) is 4.79 Å². The fraction of sp³-hybridized carbons (Fsp3) is 0.182. The minimum absolute atomic E-state index is 0.556. The Hall–Kier alpha value is -2.17. The van der Waals surface area contributed by atoms with Gasteiger partial charge in [-0.1, -0.05) is 0 Å². The predicted molar refractivity (Wildman–Crippen MR) is 58.0 cm³/mol. The molecule has 2 rings (SSSR count). The number of aldehydes is 1. The third-order valence-corrected chi connectivity index (χ3v) is 2.22. The molecule has 0 atom stereocenters. The van der Waals surface area contributed by atoms with Gasteiger partial charge in [-0.25, -0.2) is 9.67 Å². The van der Waals surface area contributed by atoms with Crippen molar-refractivity contribution in [3.8, 4) is 11.6 Å². The molecule has 2 aromatic rings. The molecule has 0 unspecified atom stereocenters. The van der Waals surface area contributed by atoms with E-state index < -0.39 is 0 Å². The Kier molecular flexibility index (Phi) is 2.68. The van der Waals surface area contributed by atoms with Crippen molar-refractivity contribution in [3.05, 3.63) is 35.8 Å². The molecule has 5 heteroatoms. The molecule has 0 aliphatic carbocycles. The van der Waals surface area contributed by atoms with Gasteiger partial charge in [0.25, 0.3) is 0 Å². The van der Waals surface area contributed by atoms with Crippen molar-refractivity contribution in [3.63, 3.8) is 0 Å².